The molecule has 0 spiro atoms. The summed E-state index contributed by atoms with van der Waals surface area (Å²) in [4.78, 5) is 53.4. The minimum Gasteiger partial charge on any atom is -1.00 e. The number of nitrogens with one attached hydrogen (secondary N) is 2. The molecule has 2 amide bonds. The van der Waals surface area contributed by atoms with E-state index >= 15 is 0 Å². The van der Waals surface area contributed by atoms with Crippen LogP contribution in [0.25, 0.3) is 0 Å². The van der Waals surface area contributed by atoms with E-state index in [2.05, 4.69) is 24.7 Å². The molecule has 0 radical (unpaired) electrons. The summed E-state index contributed by atoms with van der Waals surface area (Å²) in [6, 6.07) is 12.3. The van der Waals surface area contributed by atoms with Gasteiger partial charge in [-0.3, -0.25) is 28.5 Å². The van der Waals surface area contributed by atoms with Crippen LogP contribution in [0.15, 0.2) is 64.4 Å². The number of rotatable bonds is 13. The van der Waals surface area contributed by atoms with E-state index in [-0.39, 0.29) is 100.0 Å². The van der Waals surface area contributed by atoms with Crippen molar-refractivity contribution >= 4 is 34.9 Å². The molecule has 6 heterocycles. The summed E-state index contributed by atoms with van der Waals surface area (Å²) < 4.78 is 25.3. The number of nitrogens with zero attached hydrogens (tertiary/aromatic N) is 4. The van der Waals surface area contributed by atoms with E-state index in [1.165, 1.54) is 31.4 Å². The summed E-state index contributed by atoms with van der Waals surface area (Å²) in [5.41, 5.74) is 7.24. The van der Waals surface area contributed by atoms with Crippen LogP contribution in [0, 0.1) is 6.42 Å². The van der Waals surface area contributed by atoms with Gasteiger partial charge in [-0.2, -0.15) is 13.8 Å². The van der Waals surface area contributed by atoms with E-state index in [0.717, 1.165) is 37.7 Å². The molecule has 7 rings (SSSR count). The summed E-state index contributed by atoms with van der Waals surface area (Å²) in [7, 11) is 0. The van der Waals surface area contributed by atoms with E-state index in [1.54, 1.807) is 31.5 Å². The van der Waals surface area contributed by atoms with Crippen molar-refractivity contribution in [2.45, 2.75) is 98.0 Å². The third-order valence-electron chi connectivity index (χ3n) is 9.35. The maximum Gasteiger partial charge on any atom is 2.00 e. The number of fused-ring (bicyclic) bond motifs is 4. The number of halogens is 1. The van der Waals surface area contributed by atoms with Gasteiger partial charge in [0, 0.05) is 44.2 Å². The van der Waals surface area contributed by atoms with Gasteiger partial charge in [-0.15, -0.1) is 0 Å². The maximum absolute atomic E-state index is 12.8. The zero-order valence-electron chi connectivity index (χ0n) is 35.0. The second-order valence-electron chi connectivity index (χ2n) is 13.9. The number of aliphatic hydroxyl groups excluding tert-OH is 1. The van der Waals surface area contributed by atoms with Gasteiger partial charge in [-0.05, 0) is 18.4 Å². The molecule has 0 saturated carbocycles. The molecule has 4 aliphatic rings. The maximum atomic E-state index is 12.8. The molecule has 2 atom stereocenters. The second-order valence-corrected chi connectivity index (χ2v) is 13.9. The van der Waals surface area contributed by atoms with Crippen LogP contribution in [0.4, 0.5) is 0 Å². The van der Waals surface area contributed by atoms with E-state index < -0.39 is 0 Å². The molecule has 322 valence electrons. The van der Waals surface area contributed by atoms with E-state index in [4.69, 9.17) is 24.1 Å². The summed E-state index contributed by atoms with van der Waals surface area (Å²) in [5.74, 6) is -0.184. The summed E-state index contributed by atoms with van der Waals surface area (Å²) in [6.45, 7) is 12.2. The molecule has 59 heavy (non-hydrogen) atoms. The standard InChI is InChI=1S/C17H17N3O4.C16H23N3O4.C6H14O.C3H7.ClH.Mg/c21-13-6-7-20-15(16(13)24-10-12-4-2-1-3-5-12)17(22)19-8-9-23-11-14(19)18-20;1-2-3-4-5-9-23-15-12(20)6-7-19-14(15)16(21)18-8-10-22-11-13(18)17-19;1-2-3-4-5-6-7;1-3-2;;/h1-7,14,18H,8-11H2;6-7,13,17H,2-5,8-11H2,1H3;7H,2-6H2,1H3;3H,1-2H3;1H;/q;;;-1;;+2/p-1/t14-;13-;;;;/m00..../s1. The molecule has 3 aromatic rings. The fourth-order valence-corrected chi connectivity index (χ4v) is 6.40. The summed E-state index contributed by atoms with van der Waals surface area (Å²) >= 11 is 0. The fraction of sp³-hybridized carbons (Fsp3) is 0.548. The predicted octanol–water partition coefficient (Wildman–Crippen LogP) is 1.36. The van der Waals surface area contributed by atoms with Gasteiger partial charge in [-0.1, -0.05) is 82.7 Å². The van der Waals surface area contributed by atoms with Gasteiger partial charge in [0.25, 0.3) is 11.8 Å². The van der Waals surface area contributed by atoms with Gasteiger partial charge in [0.2, 0.25) is 10.9 Å². The fourth-order valence-electron chi connectivity index (χ4n) is 6.40. The first-order valence-corrected chi connectivity index (χ1v) is 20.3. The average Bonchev–Trinajstić information content (AvgIpc) is 3.23. The van der Waals surface area contributed by atoms with E-state index in [9.17, 15) is 19.2 Å². The smallest absolute Gasteiger partial charge is 1.00 e. The molecule has 3 N–H and O–H groups in total. The minimum absolute atomic E-state index is 0. The molecular weight excluding hydrogens is 792 g/mol. The Morgan fingerprint density at radius 2 is 1.19 bits per heavy atom. The first-order chi connectivity index (χ1) is 27.8. The number of carbonyl (C=O) groups is 2. The number of aromatic nitrogens is 2. The molecule has 0 unspecified atom stereocenters. The number of ether oxygens (including phenoxy) is 4. The number of carbonyl (C=O) groups excluding carboxylic acids is 2. The number of aliphatic hydroxyl groups is 1. The number of hydrogen-bond donors (Lipinski definition) is 3. The zero-order chi connectivity index (χ0) is 41.0. The second kappa shape index (κ2) is 27.9. The quantitative estimate of drug-likeness (QED) is 0.129. The van der Waals surface area contributed by atoms with Gasteiger partial charge in [-0.25, -0.2) is 0 Å². The van der Waals surface area contributed by atoms with Crippen LogP contribution in [-0.4, -0.2) is 124 Å². The van der Waals surface area contributed by atoms with Gasteiger partial charge in [0.1, 0.15) is 18.9 Å². The molecule has 15 nitrogen and oxygen atoms in total. The normalized spacial score (nSPS) is 17.0. The van der Waals surface area contributed by atoms with Crippen LogP contribution in [0.1, 0.15) is 106 Å². The molecule has 2 aromatic heterocycles. The largest absolute Gasteiger partial charge is 2.00 e. The van der Waals surface area contributed by atoms with Crippen LogP contribution in [0.2, 0.25) is 0 Å². The Hall–Kier alpha value is -3.80. The van der Waals surface area contributed by atoms with Gasteiger partial charge in [0.15, 0.2) is 22.9 Å². The average molecular weight is 854 g/mol. The monoisotopic (exact) mass is 852 g/mol. The number of pyridine rings is 2. The van der Waals surface area contributed by atoms with Crippen molar-refractivity contribution in [3.8, 4) is 11.5 Å². The zero-order valence-corrected chi connectivity index (χ0v) is 37.2. The third-order valence-corrected chi connectivity index (χ3v) is 9.35. The Balaban J connectivity index is 0.000000323. The van der Waals surface area contributed by atoms with Gasteiger partial charge < -0.3 is 63.5 Å². The first-order valence-electron chi connectivity index (χ1n) is 20.3. The molecule has 1 aromatic carbocycles. The Morgan fingerprint density at radius 3 is 1.66 bits per heavy atom. The van der Waals surface area contributed by atoms with Crippen molar-refractivity contribution in [1.82, 2.24) is 19.2 Å². The number of benzene rings is 1. The molecular formula is C42H61ClMgN6O9. The Bertz CT molecular complexity index is 1810. The molecule has 0 bridgehead atoms. The number of hydrogen-bond acceptors (Lipinski definition) is 11. The third kappa shape index (κ3) is 14.7. The van der Waals surface area contributed by atoms with E-state index in [1.807, 2.05) is 50.6 Å². The van der Waals surface area contributed by atoms with E-state index in [0.29, 0.717) is 52.7 Å². The SMILES string of the molecule is CCCCCCO.CCCCCCOc1c2n(ccc1=O)N[C@@H]1COCCN1C2=O.C[CH-]C.O=C1c2c(OCc3ccccc3)c(=O)ccn2N[C@@H]2COCCN12.[Cl-].[Mg+2]. The van der Waals surface area contributed by atoms with Crippen LogP contribution in [-0.2, 0) is 16.1 Å². The molecule has 0 aliphatic carbocycles. The predicted molar refractivity (Wildman–Crippen MR) is 224 cm³/mol. The van der Waals surface area contributed by atoms with Gasteiger partial charge >= 0.3 is 23.1 Å². The van der Waals surface area contributed by atoms with Crippen molar-refractivity contribution in [3.05, 3.63) is 98.7 Å². The van der Waals surface area contributed by atoms with Crippen molar-refractivity contribution in [2.24, 2.45) is 0 Å². The summed E-state index contributed by atoms with van der Waals surface area (Å²) in [6.07, 6.45) is 13.6. The van der Waals surface area contributed by atoms with Crippen LogP contribution < -0.4 is 43.6 Å². The molecule has 2 saturated heterocycles. The molecule has 2 fully saturated rings. The molecule has 4 aliphatic heterocycles. The Labute approximate surface area is 370 Å². The Kier molecular flexibility index (Phi) is 24.2. The molecule has 17 heteroatoms. The first kappa shape index (κ1) is 51.3. The van der Waals surface area contributed by atoms with Crippen molar-refractivity contribution in [1.29, 1.82) is 0 Å². The number of unbranched alkanes of at least 4 members (excludes halogenated alkanes) is 6. The van der Waals surface area contributed by atoms with Crippen molar-refractivity contribution < 1.29 is 46.1 Å². The van der Waals surface area contributed by atoms with Crippen molar-refractivity contribution in [2.75, 3.05) is 63.6 Å². The topological polar surface area (TPSA) is 166 Å². The summed E-state index contributed by atoms with van der Waals surface area (Å²) in [5, 5.41) is 8.29. The Morgan fingerprint density at radius 1 is 0.712 bits per heavy atom. The minimum atomic E-state index is -0.306. The van der Waals surface area contributed by atoms with Crippen molar-refractivity contribution in [3.63, 3.8) is 0 Å². The number of amides is 2. The van der Waals surface area contributed by atoms with Gasteiger partial charge in [0.05, 0.1) is 33.0 Å². The van der Waals surface area contributed by atoms with Crippen LogP contribution >= 0.6 is 0 Å². The van der Waals surface area contributed by atoms with Crippen LogP contribution in [0.3, 0.4) is 0 Å². The number of morpholine rings is 2. The van der Waals surface area contributed by atoms with Crippen LogP contribution in [0.5, 0.6) is 11.5 Å².